The molecule has 0 radical (unpaired) electrons. The van der Waals surface area contributed by atoms with Crippen LogP contribution in [-0.4, -0.2) is 18.4 Å². The van der Waals surface area contributed by atoms with Crippen LogP contribution in [0, 0.1) is 17.8 Å². The van der Waals surface area contributed by atoms with Crippen LogP contribution in [0.2, 0.25) is 0 Å². The molecule has 4 heteroatoms. The highest BCUT2D eigenvalue weighted by molar-refractivity contribution is 9.11. The molecule has 2 rings (SSSR count). The van der Waals surface area contributed by atoms with Crippen molar-refractivity contribution in [2.75, 3.05) is 0 Å². The molecule has 4 atom stereocenters. The summed E-state index contributed by atoms with van der Waals surface area (Å²) in [5.41, 5.74) is 0. The summed E-state index contributed by atoms with van der Waals surface area (Å²) in [6.45, 7) is 6.74. The third-order valence-corrected chi connectivity index (χ3v) is 4.57. The highest BCUT2D eigenvalue weighted by Crippen LogP contribution is 2.37. The van der Waals surface area contributed by atoms with Crippen LogP contribution < -0.4 is 0 Å². The maximum absolute atomic E-state index is 11.2. The van der Waals surface area contributed by atoms with Crippen LogP contribution in [-0.2, 0) is 14.3 Å². The molecule has 1 aliphatic carbocycles. The average molecular weight is 317 g/mol. The quantitative estimate of drug-likeness (QED) is 0.746. The van der Waals surface area contributed by atoms with Crippen molar-refractivity contribution < 1.29 is 14.3 Å². The summed E-state index contributed by atoms with van der Waals surface area (Å²) >= 11 is 3.33. The molecule has 0 amide bonds. The van der Waals surface area contributed by atoms with Gasteiger partial charge in [-0.3, -0.25) is 0 Å². The summed E-state index contributed by atoms with van der Waals surface area (Å²) in [4.78, 5) is 11.2. The van der Waals surface area contributed by atoms with E-state index in [1.807, 2.05) is 0 Å². The normalized spacial score (nSPS) is 36.7. The first kappa shape index (κ1) is 14.1. The van der Waals surface area contributed by atoms with Crippen LogP contribution >= 0.6 is 15.9 Å². The SMILES string of the molecule is CC(C)[C@@H]1CC[C@@H](C)C[C@H]1O[C@H]1OC(=O)C=C1Br. The van der Waals surface area contributed by atoms with Gasteiger partial charge >= 0.3 is 5.97 Å². The van der Waals surface area contributed by atoms with E-state index in [2.05, 4.69) is 36.7 Å². The van der Waals surface area contributed by atoms with Gasteiger partial charge in [0.2, 0.25) is 6.29 Å². The molecule has 0 aromatic rings. The zero-order valence-corrected chi connectivity index (χ0v) is 12.8. The summed E-state index contributed by atoms with van der Waals surface area (Å²) in [6, 6.07) is 0. The van der Waals surface area contributed by atoms with Gasteiger partial charge in [-0.15, -0.1) is 0 Å². The van der Waals surface area contributed by atoms with Gasteiger partial charge in [0.25, 0.3) is 0 Å². The minimum atomic E-state index is -0.533. The van der Waals surface area contributed by atoms with E-state index >= 15 is 0 Å². The summed E-state index contributed by atoms with van der Waals surface area (Å²) in [5.74, 6) is 1.52. The van der Waals surface area contributed by atoms with Crippen molar-refractivity contribution in [3.63, 3.8) is 0 Å². The van der Waals surface area contributed by atoms with Crippen molar-refractivity contribution in [3.05, 3.63) is 10.6 Å². The Hall–Kier alpha value is -0.350. The van der Waals surface area contributed by atoms with Crippen molar-refractivity contribution in [1.29, 1.82) is 0 Å². The number of halogens is 1. The predicted octanol–water partition coefficient (Wildman–Crippen LogP) is 3.63. The van der Waals surface area contributed by atoms with Crippen molar-refractivity contribution in [2.45, 2.75) is 52.4 Å². The van der Waals surface area contributed by atoms with Crippen LogP contribution in [0.3, 0.4) is 0 Å². The average Bonchev–Trinajstić information content (AvgIpc) is 2.57. The molecule has 0 aromatic heterocycles. The van der Waals surface area contributed by atoms with Crippen LogP contribution in [0.4, 0.5) is 0 Å². The largest absolute Gasteiger partial charge is 0.427 e. The molecular weight excluding hydrogens is 296 g/mol. The molecule has 102 valence electrons. The molecule has 1 aliphatic heterocycles. The van der Waals surface area contributed by atoms with Gasteiger partial charge in [-0.25, -0.2) is 4.79 Å². The van der Waals surface area contributed by atoms with Crippen molar-refractivity contribution >= 4 is 21.9 Å². The number of rotatable bonds is 3. The summed E-state index contributed by atoms with van der Waals surface area (Å²) in [7, 11) is 0. The lowest BCUT2D eigenvalue weighted by Gasteiger charge is -2.38. The molecule has 1 saturated carbocycles. The van der Waals surface area contributed by atoms with E-state index in [1.165, 1.54) is 18.9 Å². The molecule has 18 heavy (non-hydrogen) atoms. The molecule has 1 heterocycles. The number of carbonyl (C=O) groups is 1. The zero-order valence-electron chi connectivity index (χ0n) is 11.2. The van der Waals surface area contributed by atoms with Crippen molar-refractivity contribution in [1.82, 2.24) is 0 Å². The second kappa shape index (κ2) is 5.74. The van der Waals surface area contributed by atoms with E-state index in [0.29, 0.717) is 22.2 Å². The van der Waals surface area contributed by atoms with Crippen molar-refractivity contribution in [3.8, 4) is 0 Å². The van der Waals surface area contributed by atoms with E-state index in [-0.39, 0.29) is 12.1 Å². The Morgan fingerprint density at radius 3 is 2.72 bits per heavy atom. The highest BCUT2D eigenvalue weighted by atomic mass is 79.9. The summed E-state index contributed by atoms with van der Waals surface area (Å²) < 4.78 is 11.9. The third kappa shape index (κ3) is 3.15. The molecule has 0 bridgehead atoms. The lowest BCUT2D eigenvalue weighted by Crippen LogP contribution is -2.37. The maximum atomic E-state index is 11.2. The summed E-state index contributed by atoms with van der Waals surface area (Å²) in [6.07, 6.45) is 4.62. The Labute approximate surface area is 117 Å². The Bertz CT molecular complexity index is 351. The van der Waals surface area contributed by atoms with Crippen LogP contribution in [0.15, 0.2) is 10.6 Å². The van der Waals surface area contributed by atoms with E-state index in [4.69, 9.17) is 9.47 Å². The predicted molar refractivity (Wildman–Crippen MR) is 73.1 cm³/mol. The maximum Gasteiger partial charge on any atom is 0.334 e. The van der Waals surface area contributed by atoms with E-state index < -0.39 is 6.29 Å². The monoisotopic (exact) mass is 316 g/mol. The lowest BCUT2D eigenvalue weighted by molar-refractivity contribution is -0.179. The van der Waals surface area contributed by atoms with E-state index in [9.17, 15) is 4.79 Å². The molecule has 0 saturated heterocycles. The minimum Gasteiger partial charge on any atom is -0.427 e. The van der Waals surface area contributed by atoms with Crippen LogP contribution in [0.25, 0.3) is 0 Å². The second-order valence-corrected chi connectivity index (χ2v) is 6.71. The molecule has 0 N–H and O–H groups in total. The molecule has 0 spiro atoms. The first-order valence-corrected chi connectivity index (χ1v) is 7.50. The van der Waals surface area contributed by atoms with E-state index in [0.717, 1.165) is 6.42 Å². The first-order valence-electron chi connectivity index (χ1n) is 6.70. The molecule has 2 aliphatic rings. The number of esters is 1. The lowest BCUT2D eigenvalue weighted by atomic mass is 9.75. The molecule has 0 aromatic carbocycles. The van der Waals surface area contributed by atoms with Gasteiger partial charge in [0.15, 0.2) is 0 Å². The topological polar surface area (TPSA) is 35.5 Å². The Morgan fingerprint density at radius 2 is 2.17 bits per heavy atom. The van der Waals surface area contributed by atoms with Gasteiger partial charge in [-0.2, -0.15) is 0 Å². The number of hydrogen-bond donors (Lipinski definition) is 0. The smallest absolute Gasteiger partial charge is 0.334 e. The fraction of sp³-hybridized carbons (Fsp3) is 0.786. The highest BCUT2D eigenvalue weighted by Gasteiger charge is 2.36. The number of ether oxygens (including phenoxy) is 2. The Balaban J connectivity index is 2.01. The first-order chi connectivity index (χ1) is 8.47. The molecule has 3 nitrogen and oxygen atoms in total. The third-order valence-electron chi connectivity index (χ3n) is 3.96. The number of cyclic esters (lactones) is 1. The van der Waals surface area contributed by atoms with Crippen LogP contribution in [0.1, 0.15) is 40.0 Å². The standard InChI is InChI=1S/C14H21BrO3/c1-8(2)10-5-4-9(3)6-12(10)17-14-11(15)7-13(16)18-14/h7-10,12,14H,4-6H2,1-3H3/t9-,10+,12-,14+/m1/s1. The number of carbonyl (C=O) groups excluding carboxylic acids is 1. The molecular formula is C14H21BrO3. The Kier molecular flexibility index (Phi) is 4.49. The van der Waals surface area contributed by atoms with Gasteiger partial charge in [0, 0.05) is 6.08 Å². The van der Waals surface area contributed by atoms with Gasteiger partial charge in [0.1, 0.15) is 0 Å². The Morgan fingerprint density at radius 1 is 1.44 bits per heavy atom. The van der Waals surface area contributed by atoms with Crippen LogP contribution in [0.5, 0.6) is 0 Å². The molecule has 0 unspecified atom stereocenters. The molecule has 1 fully saturated rings. The fourth-order valence-electron chi connectivity index (χ4n) is 2.90. The van der Waals surface area contributed by atoms with Gasteiger partial charge in [-0.05, 0) is 46.5 Å². The van der Waals surface area contributed by atoms with Crippen molar-refractivity contribution in [2.24, 2.45) is 17.8 Å². The zero-order chi connectivity index (χ0) is 13.3. The minimum absolute atomic E-state index is 0.186. The fourth-order valence-corrected chi connectivity index (χ4v) is 3.29. The number of hydrogen-bond acceptors (Lipinski definition) is 3. The van der Waals surface area contributed by atoms with Gasteiger partial charge in [-0.1, -0.05) is 27.2 Å². The second-order valence-electron chi connectivity index (χ2n) is 5.80. The van der Waals surface area contributed by atoms with Gasteiger partial charge in [0.05, 0.1) is 10.6 Å². The van der Waals surface area contributed by atoms with Gasteiger partial charge < -0.3 is 9.47 Å². The summed E-state index contributed by atoms with van der Waals surface area (Å²) in [5, 5.41) is 0. The van der Waals surface area contributed by atoms with E-state index in [1.54, 1.807) is 0 Å².